The van der Waals surface area contributed by atoms with Crippen molar-refractivity contribution in [3.63, 3.8) is 0 Å². The van der Waals surface area contributed by atoms with Gasteiger partial charge in [-0.15, -0.1) is 0 Å². The van der Waals surface area contributed by atoms with Crippen LogP contribution < -0.4 is 5.73 Å². The summed E-state index contributed by atoms with van der Waals surface area (Å²) in [5.41, 5.74) is 6.74. The first-order chi connectivity index (χ1) is 9.54. The van der Waals surface area contributed by atoms with Gasteiger partial charge in [0, 0.05) is 6.54 Å². The molecule has 0 saturated carbocycles. The van der Waals surface area contributed by atoms with Gasteiger partial charge < -0.3 is 15.0 Å². The molecule has 3 atom stereocenters. The lowest BCUT2D eigenvalue weighted by atomic mass is 10.4. The molecule has 2 aromatic rings. The van der Waals surface area contributed by atoms with Crippen LogP contribution in [0.15, 0.2) is 6.33 Å². The van der Waals surface area contributed by atoms with Gasteiger partial charge in [0.15, 0.2) is 10.8 Å². The molecule has 1 aliphatic rings. The fourth-order valence-electron chi connectivity index (χ4n) is 2.00. The smallest absolute Gasteiger partial charge is 0.368 e. The van der Waals surface area contributed by atoms with Crippen LogP contribution in [0.1, 0.15) is 0 Å². The molecular formula is C10H12ClN5O2PS+. The maximum atomic E-state index is 11.4. The molecule has 3 unspecified atom stereocenters. The maximum absolute atomic E-state index is 11.4. The van der Waals surface area contributed by atoms with Gasteiger partial charge in [-0.3, -0.25) is 0 Å². The number of anilines is 1. The highest BCUT2D eigenvalue weighted by Crippen LogP contribution is 2.41. The highest BCUT2D eigenvalue weighted by Gasteiger charge is 2.37. The van der Waals surface area contributed by atoms with Crippen LogP contribution in [0.5, 0.6) is 0 Å². The molecule has 0 amide bonds. The number of aromatic nitrogens is 4. The van der Waals surface area contributed by atoms with E-state index in [0.29, 0.717) is 24.3 Å². The van der Waals surface area contributed by atoms with E-state index in [-0.39, 0.29) is 21.5 Å². The van der Waals surface area contributed by atoms with Crippen molar-refractivity contribution < 1.29 is 9.30 Å². The van der Waals surface area contributed by atoms with Crippen molar-refractivity contribution in [3.8, 4) is 0 Å². The Morgan fingerprint density at radius 1 is 1.65 bits per heavy atom. The summed E-state index contributed by atoms with van der Waals surface area (Å²) >= 11 is 7.55. The second kappa shape index (κ2) is 5.44. The van der Waals surface area contributed by atoms with Gasteiger partial charge in [0.2, 0.25) is 5.95 Å². The highest BCUT2D eigenvalue weighted by molar-refractivity contribution is 8.05. The zero-order valence-electron chi connectivity index (χ0n) is 10.6. The molecule has 0 radical (unpaired) electrons. The Hall–Kier alpha value is -0.950. The van der Waals surface area contributed by atoms with E-state index in [1.165, 1.54) is 0 Å². The zero-order chi connectivity index (χ0) is 14.3. The van der Waals surface area contributed by atoms with Crippen LogP contribution in [0, 0.1) is 0 Å². The van der Waals surface area contributed by atoms with Crippen molar-refractivity contribution >= 4 is 48.3 Å². The quantitative estimate of drug-likeness (QED) is 0.677. The van der Waals surface area contributed by atoms with Gasteiger partial charge in [0.1, 0.15) is 12.2 Å². The van der Waals surface area contributed by atoms with Crippen molar-refractivity contribution in [3.05, 3.63) is 11.5 Å². The average Bonchev–Trinajstić information content (AvgIpc) is 2.98. The number of hydrogen-bond donors (Lipinski definition) is 1. The Morgan fingerprint density at radius 3 is 3.15 bits per heavy atom. The van der Waals surface area contributed by atoms with Gasteiger partial charge in [0.05, 0.1) is 18.2 Å². The minimum atomic E-state index is -1.34. The molecule has 1 fully saturated rings. The van der Waals surface area contributed by atoms with E-state index in [1.54, 1.807) is 24.8 Å². The fourth-order valence-corrected chi connectivity index (χ4v) is 4.61. The first-order valence-electron chi connectivity index (χ1n) is 5.85. The van der Waals surface area contributed by atoms with E-state index in [0.717, 1.165) is 0 Å². The predicted molar refractivity (Wildman–Crippen MR) is 79.4 cm³/mol. The van der Waals surface area contributed by atoms with Crippen LogP contribution in [0.2, 0.25) is 5.15 Å². The third kappa shape index (κ3) is 2.61. The predicted octanol–water partition coefficient (Wildman–Crippen LogP) is 1.93. The Balaban J connectivity index is 1.84. The fraction of sp³-hybridized carbons (Fsp3) is 0.500. The van der Waals surface area contributed by atoms with Gasteiger partial charge in [-0.05, 0) is 0 Å². The molecule has 1 aliphatic heterocycles. The number of hydrogen-bond acceptors (Lipinski definition) is 7. The van der Waals surface area contributed by atoms with Gasteiger partial charge in [0.25, 0.3) is 0 Å². The van der Waals surface area contributed by atoms with E-state index in [4.69, 9.17) is 22.1 Å². The normalized spacial score (nSPS) is 23.4. The molecule has 7 nitrogen and oxygen atoms in total. The van der Waals surface area contributed by atoms with Crippen molar-refractivity contribution in [2.45, 2.75) is 17.0 Å². The van der Waals surface area contributed by atoms with Crippen LogP contribution in [0.4, 0.5) is 5.95 Å². The van der Waals surface area contributed by atoms with Crippen molar-refractivity contribution in [2.24, 2.45) is 0 Å². The molecule has 106 valence electrons. The number of rotatable bonds is 3. The summed E-state index contributed by atoms with van der Waals surface area (Å²) in [6.45, 7) is 2.88. The van der Waals surface area contributed by atoms with E-state index in [2.05, 4.69) is 15.0 Å². The van der Waals surface area contributed by atoms with Gasteiger partial charge in [-0.1, -0.05) is 27.9 Å². The largest absolute Gasteiger partial charge is 0.378 e. The number of nitrogens with zero attached hydrogens (tertiary/aromatic N) is 4. The standard InChI is InChI=1S/C10H12ClN5O2PS/c1-19(17)10-18-3-5(20-10)2-16-4-13-6-7(11)14-9(12)15-8(6)16/h4-5,10H,2-3H2,1H3,(H2,12,14,15)/q+1. The molecule has 3 heterocycles. The SMILES string of the molecule is C[P+](=O)C1OCC(Cn2cnc3c(Cl)nc(N)nc32)S1. The number of ether oxygens (including phenoxy) is 1. The number of nitrogen functional groups attached to an aromatic ring is 1. The van der Waals surface area contributed by atoms with E-state index >= 15 is 0 Å². The summed E-state index contributed by atoms with van der Waals surface area (Å²) in [6, 6.07) is 0. The van der Waals surface area contributed by atoms with Crippen LogP contribution in [-0.4, -0.2) is 43.2 Å². The minimum absolute atomic E-state index is 0.120. The second-order valence-electron chi connectivity index (χ2n) is 4.39. The molecule has 2 aromatic heterocycles. The lowest BCUT2D eigenvalue weighted by Gasteiger charge is -2.07. The molecule has 3 rings (SSSR count). The summed E-state index contributed by atoms with van der Waals surface area (Å²) in [6.07, 6.45) is 1.66. The van der Waals surface area contributed by atoms with Gasteiger partial charge in [-0.2, -0.15) is 9.97 Å². The lowest BCUT2D eigenvalue weighted by molar-refractivity contribution is 0.175. The van der Waals surface area contributed by atoms with Crippen molar-refractivity contribution in [1.29, 1.82) is 0 Å². The molecule has 2 N–H and O–H groups in total. The summed E-state index contributed by atoms with van der Waals surface area (Å²) in [5, 5.41) is 0.218. The molecule has 0 aromatic carbocycles. The average molecular weight is 333 g/mol. The van der Waals surface area contributed by atoms with Crippen LogP contribution >= 0.6 is 31.2 Å². The molecule has 0 spiro atoms. The van der Waals surface area contributed by atoms with E-state index in [9.17, 15) is 4.57 Å². The van der Waals surface area contributed by atoms with Gasteiger partial charge >= 0.3 is 13.0 Å². The summed E-state index contributed by atoms with van der Waals surface area (Å²) in [7, 11) is -1.34. The lowest BCUT2D eigenvalue weighted by Crippen LogP contribution is -2.13. The number of imidazole rings is 1. The van der Waals surface area contributed by atoms with Crippen LogP contribution in [0.3, 0.4) is 0 Å². The molecule has 0 bridgehead atoms. The second-order valence-corrected chi connectivity index (χ2v) is 8.02. The van der Waals surface area contributed by atoms with Crippen LogP contribution in [0.25, 0.3) is 11.2 Å². The minimum Gasteiger partial charge on any atom is -0.368 e. The monoisotopic (exact) mass is 332 g/mol. The van der Waals surface area contributed by atoms with E-state index in [1.807, 2.05) is 4.57 Å². The first-order valence-corrected chi connectivity index (χ1v) is 8.95. The Bertz CT molecular complexity index is 681. The van der Waals surface area contributed by atoms with Crippen molar-refractivity contribution in [1.82, 2.24) is 19.5 Å². The summed E-state index contributed by atoms with van der Waals surface area (Å²) in [4.78, 5) is 12.2. The highest BCUT2D eigenvalue weighted by atomic mass is 35.5. The van der Waals surface area contributed by atoms with E-state index < -0.39 is 7.80 Å². The Morgan fingerprint density at radius 2 is 2.45 bits per heavy atom. The first kappa shape index (κ1) is 14.0. The molecule has 10 heteroatoms. The molecular weight excluding hydrogens is 321 g/mol. The topological polar surface area (TPSA) is 95.9 Å². The number of thioether (sulfide) groups is 1. The summed E-state index contributed by atoms with van der Waals surface area (Å²) < 4.78 is 18.8. The molecule has 0 aliphatic carbocycles. The number of halogens is 1. The van der Waals surface area contributed by atoms with Crippen LogP contribution in [-0.2, 0) is 15.8 Å². The summed E-state index contributed by atoms with van der Waals surface area (Å²) in [5.74, 6) is 0.120. The Kier molecular flexibility index (Phi) is 3.81. The van der Waals surface area contributed by atoms with Crippen molar-refractivity contribution in [2.75, 3.05) is 19.0 Å². The number of nitrogens with two attached hydrogens (primary N) is 1. The third-order valence-corrected chi connectivity index (χ3v) is 6.17. The molecule has 20 heavy (non-hydrogen) atoms. The third-order valence-electron chi connectivity index (χ3n) is 2.87. The Labute approximate surface area is 125 Å². The van der Waals surface area contributed by atoms with Gasteiger partial charge in [-0.25, -0.2) is 4.98 Å². The number of fused-ring (bicyclic) bond motifs is 1. The zero-order valence-corrected chi connectivity index (χ0v) is 13.0. The maximum Gasteiger partial charge on any atom is 0.378 e. The molecule has 1 saturated heterocycles.